The number of anilines is 2. The van der Waals surface area contributed by atoms with E-state index in [2.05, 4.69) is 10.3 Å². The molecule has 1 aromatic carbocycles. The van der Waals surface area contributed by atoms with Crippen molar-refractivity contribution < 1.29 is 23.5 Å². The van der Waals surface area contributed by atoms with Gasteiger partial charge < -0.3 is 10.4 Å². The molecule has 2 aromatic rings. The lowest BCUT2D eigenvalue weighted by atomic mass is 10.3. The number of ketones is 1. The predicted molar refractivity (Wildman–Crippen MR) is 68.7 cm³/mol. The van der Waals surface area contributed by atoms with Crippen LogP contribution in [0.15, 0.2) is 18.2 Å². The van der Waals surface area contributed by atoms with Crippen molar-refractivity contribution in [2.45, 2.75) is 6.92 Å². The first-order valence-electron chi connectivity index (χ1n) is 5.36. The van der Waals surface area contributed by atoms with Gasteiger partial charge >= 0.3 is 5.97 Å². The standard InChI is InChI=1S/C12H8F2N2O3S/c1-5(17)10-9(11(18)19)16-12(20-10)15-7-4-2-3-6(13)8(7)14/h2-4H,1H3,(H,15,16)(H,18,19). The molecule has 0 unspecified atom stereocenters. The third-order valence-electron chi connectivity index (χ3n) is 2.34. The average Bonchev–Trinajstić information content (AvgIpc) is 2.79. The summed E-state index contributed by atoms with van der Waals surface area (Å²) in [6.45, 7) is 1.20. The number of carbonyl (C=O) groups excluding carboxylic acids is 1. The molecule has 0 aliphatic heterocycles. The maximum Gasteiger partial charge on any atom is 0.356 e. The van der Waals surface area contributed by atoms with Gasteiger partial charge in [-0.2, -0.15) is 0 Å². The Balaban J connectivity index is 2.40. The van der Waals surface area contributed by atoms with Crippen LogP contribution in [0.1, 0.15) is 27.1 Å². The van der Waals surface area contributed by atoms with Crippen LogP contribution in [0.5, 0.6) is 0 Å². The molecule has 104 valence electrons. The number of carboxylic acids is 1. The Hall–Kier alpha value is -2.35. The normalized spacial score (nSPS) is 10.3. The number of carboxylic acid groups (broad SMARTS) is 1. The van der Waals surface area contributed by atoms with E-state index < -0.39 is 29.1 Å². The van der Waals surface area contributed by atoms with E-state index in [0.29, 0.717) is 0 Å². The number of hydrogen-bond acceptors (Lipinski definition) is 5. The van der Waals surface area contributed by atoms with Crippen molar-refractivity contribution in [1.29, 1.82) is 0 Å². The molecule has 0 saturated carbocycles. The van der Waals surface area contributed by atoms with Gasteiger partial charge in [-0.3, -0.25) is 4.79 Å². The van der Waals surface area contributed by atoms with E-state index in [1.165, 1.54) is 19.1 Å². The summed E-state index contributed by atoms with van der Waals surface area (Å²) in [5, 5.41) is 11.4. The lowest BCUT2D eigenvalue weighted by molar-refractivity contribution is 0.0687. The molecule has 0 aliphatic rings. The predicted octanol–water partition coefficient (Wildman–Crippen LogP) is 3.07. The van der Waals surface area contributed by atoms with Crippen molar-refractivity contribution >= 4 is 33.9 Å². The maximum atomic E-state index is 13.5. The van der Waals surface area contributed by atoms with Gasteiger partial charge in [0, 0.05) is 6.92 Å². The van der Waals surface area contributed by atoms with E-state index in [1.54, 1.807) is 0 Å². The minimum atomic E-state index is -1.36. The van der Waals surface area contributed by atoms with Gasteiger partial charge in [-0.15, -0.1) is 0 Å². The lowest BCUT2D eigenvalue weighted by Crippen LogP contribution is -2.03. The summed E-state index contributed by atoms with van der Waals surface area (Å²) in [7, 11) is 0. The van der Waals surface area contributed by atoms with Crippen molar-refractivity contribution in [3.63, 3.8) is 0 Å². The van der Waals surface area contributed by atoms with Crippen LogP contribution in [0, 0.1) is 11.6 Å². The van der Waals surface area contributed by atoms with Crippen LogP contribution in [0.3, 0.4) is 0 Å². The molecule has 1 aromatic heterocycles. The maximum absolute atomic E-state index is 13.5. The lowest BCUT2D eigenvalue weighted by Gasteiger charge is -2.03. The summed E-state index contributed by atoms with van der Waals surface area (Å²) < 4.78 is 26.5. The number of aromatic nitrogens is 1. The van der Waals surface area contributed by atoms with Gasteiger partial charge in [0.2, 0.25) is 0 Å². The van der Waals surface area contributed by atoms with E-state index in [-0.39, 0.29) is 15.7 Å². The fourth-order valence-electron chi connectivity index (χ4n) is 1.47. The monoisotopic (exact) mass is 298 g/mol. The zero-order chi connectivity index (χ0) is 14.9. The Morgan fingerprint density at radius 1 is 1.35 bits per heavy atom. The number of halogens is 2. The molecule has 5 nitrogen and oxygen atoms in total. The minimum absolute atomic E-state index is 0.00269. The number of nitrogens with zero attached hydrogens (tertiary/aromatic N) is 1. The quantitative estimate of drug-likeness (QED) is 0.848. The molecule has 2 N–H and O–H groups in total. The van der Waals surface area contributed by atoms with Crippen molar-refractivity contribution in [2.24, 2.45) is 0 Å². The van der Waals surface area contributed by atoms with Crippen molar-refractivity contribution in [2.75, 3.05) is 5.32 Å². The van der Waals surface area contributed by atoms with Gasteiger partial charge in [0.1, 0.15) is 4.88 Å². The number of benzene rings is 1. The van der Waals surface area contributed by atoms with Crippen molar-refractivity contribution in [3.05, 3.63) is 40.4 Å². The molecule has 0 bridgehead atoms. The molecule has 0 aliphatic carbocycles. The minimum Gasteiger partial charge on any atom is -0.476 e. The van der Waals surface area contributed by atoms with Gasteiger partial charge in [0.05, 0.1) is 5.69 Å². The number of hydrogen-bond donors (Lipinski definition) is 2. The molecule has 0 radical (unpaired) electrons. The summed E-state index contributed by atoms with van der Waals surface area (Å²) in [6.07, 6.45) is 0. The summed E-state index contributed by atoms with van der Waals surface area (Å²) >= 11 is 0.764. The molecule has 0 atom stereocenters. The number of carbonyl (C=O) groups is 2. The van der Waals surface area contributed by atoms with Crippen LogP contribution in [0.4, 0.5) is 19.6 Å². The largest absolute Gasteiger partial charge is 0.476 e. The smallest absolute Gasteiger partial charge is 0.356 e. The Labute approximate surface area is 115 Å². The van der Waals surface area contributed by atoms with Crippen LogP contribution >= 0.6 is 11.3 Å². The first-order chi connectivity index (χ1) is 9.40. The Morgan fingerprint density at radius 2 is 2.05 bits per heavy atom. The van der Waals surface area contributed by atoms with E-state index in [9.17, 15) is 18.4 Å². The summed E-state index contributed by atoms with van der Waals surface area (Å²) in [5.41, 5.74) is -0.604. The van der Waals surface area contributed by atoms with Crippen molar-refractivity contribution in [1.82, 2.24) is 4.98 Å². The Bertz CT molecular complexity index is 669. The highest BCUT2D eigenvalue weighted by Gasteiger charge is 2.21. The highest BCUT2D eigenvalue weighted by atomic mass is 32.1. The number of aromatic carboxylic acids is 1. The second-order valence-electron chi connectivity index (χ2n) is 3.78. The zero-order valence-electron chi connectivity index (χ0n) is 10.1. The van der Waals surface area contributed by atoms with E-state index >= 15 is 0 Å². The first kappa shape index (κ1) is 14.1. The van der Waals surface area contributed by atoms with Crippen LogP contribution in [0.25, 0.3) is 0 Å². The molecule has 0 spiro atoms. The molecule has 0 amide bonds. The SMILES string of the molecule is CC(=O)c1sc(Nc2cccc(F)c2F)nc1C(=O)O. The highest BCUT2D eigenvalue weighted by molar-refractivity contribution is 7.17. The van der Waals surface area contributed by atoms with Gasteiger partial charge in [-0.25, -0.2) is 18.6 Å². The second kappa shape index (κ2) is 5.33. The Kier molecular flexibility index (Phi) is 3.75. The van der Waals surface area contributed by atoms with Gasteiger partial charge in [0.25, 0.3) is 0 Å². The highest BCUT2D eigenvalue weighted by Crippen LogP contribution is 2.28. The third-order valence-corrected chi connectivity index (χ3v) is 3.41. The number of nitrogens with one attached hydrogen (secondary N) is 1. The van der Waals surface area contributed by atoms with Gasteiger partial charge in [-0.05, 0) is 12.1 Å². The Morgan fingerprint density at radius 3 is 2.60 bits per heavy atom. The van der Waals surface area contributed by atoms with Crippen LogP contribution < -0.4 is 5.32 Å². The summed E-state index contributed by atoms with van der Waals surface area (Å²) in [6, 6.07) is 3.51. The number of rotatable bonds is 4. The van der Waals surface area contributed by atoms with E-state index in [1.807, 2.05) is 0 Å². The van der Waals surface area contributed by atoms with E-state index in [0.717, 1.165) is 17.4 Å². The molecule has 2 rings (SSSR count). The molecule has 1 heterocycles. The van der Waals surface area contributed by atoms with E-state index in [4.69, 9.17) is 5.11 Å². The van der Waals surface area contributed by atoms with Gasteiger partial charge in [-0.1, -0.05) is 17.4 Å². The second-order valence-corrected chi connectivity index (χ2v) is 4.78. The van der Waals surface area contributed by atoms with Crippen molar-refractivity contribution in [3.8, 4) is 0 Å². The zero-order valence-corrected chi connectivity index (χ0v) is 10.9. The molecule has 0 fully saturated rings. The average molecular weight is 298 g/mol. The molecule has 8 heteroatoms. The third kappa shape index (κ3) is 2.64. The van der Waals surface area contributed by atoms with Crippen LogP contribution in [-0.2, 0) is 0 Å². The molecular weight excluding hydrogens is 290 g/mol. The number of Topliss-reactive ketones (excluding diaryl/α,β-unsaturated/α-hetero) is 1. The fourth-order valence-corrected chi connectivity index (χ4v) is 2.34. The van der Waals surface area contributed by atoms with Crippen LogP contribution in [-0.4, -0.2) is 21.8 Å². The topological polar surface area (TPSA) is 79.3 Å². The van der Waals surface area contributed by atoms with Crippen LogP contribution in [0.2, 0.25) is 0 Å². The first-order valence-corrected chi connectivity index (χ1v) is 6.18. The van der Waals surface area contributed by atoms with Gasteiger partial charge in [0.15, 0.2) is 28.2 Å². The summed E-state index contributed by atoms with van der Waals surface area (Å²) in [5.74, 6) is -3.98. The molecular formula is C12H8F2N2O3S. The number of thiazole rings is 1. The molecule has 20 heavy (non-hydrogen) atoms. The molecule has 0 saturated heterocycles. The fraction of sp³-hybridized carbons (Fsp3) is 0.0833. The summed E-state index contributed by atoms with van der Waals surface area (Å²) in [4.78, 5) is 25.9.